The quantitative estimate of drug-likeness (QED) is 0.692. The fourth-order valence-corrected chi connectivity index (χ4v) is 3.83. The first-order valence-electron chi connectivity index (χ1n) is 10.7. The number of amides is 2. The number of nitrogens with one attached hydrogen (secondary N) is 1. The highest BCUT2D eigenvalue weighted by Gasteiger charge is 2.29. The van der Waals surface area contributed by atoms with Crippen molar-refractivity contribution in [3.63, 3.8) is 0 Å². The van der Waals surface area contributed by atoms with E-state index in [2.05, 4.69) is 15.6 Å². The van der Waals surface area contributed by atoms with Crippen molar-refractivity contribution in [2.75, 3.05) is 20.8 Å². The van der Waals surface area contributed by atoms with Crippen LogP contribution in [0.3, 0.4) is 0 Å². The molecule has 0 unspecified atom stereocenters. The number of aryl methyl sites for hydroxylation is 1. The van der Waals surface area contributed by atoms with Crippen LogP contribution in [0.4, 0.5) is 0 Å². The number of nitrogens with zero attached hydrogens (tertiary/aromatic N) is 4. The first kappa shape index (κ1) is 22.6. The molecule has 0 aliphatic carbocycles. The molecule has 1 aromatic heterocycles. The topological polar surface area (TPSA) is 98.6 Å². The van der Waals surface area contributed by atoms with Crippen LogP contribution in [0.5, 0.6) is 11.5 Å². The number of hydrogen-bond donors (Lipinski definition) is 1. The van der Waals surface area contributed by atoms with Crippen molar-refractivity contribution in [3.8, 4) is 11.5 Å². The van der Waals surface area contributed by atoms with Gasteiger partial charge in [-0.3, -0.25) is 14.3 Å². The van der Waals surface area contributed by atoms with Gasteiger partial charge in [0.2, 0.25) is 0 Å². The largest absolute Gasteiger partial charge is 0.497 e. The van der Waals surface area contributed by atoms with Gasteiger partial charge in [-0.15, -0.1) is 5.10 Å². The molecule has 3 rings (SSSR count). The van der Waals surface area contributed by atoms with Crippen LogP contribution in [0.2, 0.25) is 0 Å². The lowest BCUT2D eigenvalue weighted by atomic mass is 9.98. The fourth-order valence-electron chi connectivity index (χ4n) is 3.83. The second-order valence-corrected chi connectivity index (χ2v) is 8.00. The minimum atomic E-state index is -0.234. The van der Waals surface area contributed by atoms with Crippen molar-refractivity contribution >= 4 is 11.8 Å². The maximum Gasteiger partial charge on any atom is 0.273 e. The minimum absolute atomic E-state index is 0.0365. The second kappa shape index (κ2) is 10.3. The lowest BCUT2D eigenvalue weighted by Crippen LogP contribution is -2.44. The molecule has 2 heterocycles. The molecule has 0 radical (unpaired) electrons. The van der Waals surface area contributed by atoms with Crippen LogP contribution in [0, 0.1) is 0 Å². The number of carbonyl (C=O) groups excluding carboxylic acids is 2. The van der Waals surface area contributed by atoms with Crippen LogP contribution in [-0.4, -0.2) is 64.6 Å². The van der Waals surface area contributed by atoms with Gasteiger partial charge in [0.1, 0.15) is 11.5 Å². The van der Waals surface area contributed by atoms with E-state index in [4.69, 9.17) is 9.47 Å². The third-order valence-corrected chi connectivity index (χ3v) is 5.41. The zero-order chi connectivity index (χ0) is 22.4. The number of aromatic nitrogens is 3. The van der Waals surface area contributed by atoms with Crippen LogP contribution in [0.25, 0.3) is 0 Å². The lowest BCUT2D eigenvalue weighted by Gasteiger charge is -2.36. The Bertz CT molecular complexity index is 911. The summed E-state index contributed by atoms with van der Waals surface area (Å²) < 4.78 is 12.3. The number of rotatable bonds is 8. The number of benzene rings is 1. The number of ether oxygens (including phenoxy) is 2. The van der Waals surface area contributed by atoms with Crippen LogP contribution in [0.15, 0.2) is 24.4 Å². The standard InChI is InChI=1S/C22H31N5O4/c1-15(2)23-21(28)19-14-26(25-24-19)12-10-16-7-5-6-11-27(16)22(29)18-9-8-17(30-3)13-20(18)31-4/h8-9,13-16H,5-7,10-12H2,1-4H3,(H,23,28)/t16-/m1/s1. The molecule has 0 spiro atoms. The van der Waals surface area contributed by atoms with Gasteiger partial charge in [0.25, 0.3) is 11.8 Å². The molecule has 0 bridgehead atoms. The summed E-state index contributed by atoms with van der Waals surface area (Å²) in [4.78, 5) is 27.3. The molecular weight excluding hydrogens is 398 g/mol. The maximum atomic E-state index is 13.3. The SMILES string of the molecule is COc1ccc(C(=O)N2CCCC[C@@H]2CCn2cc(C(=O)NC(C)C)nn2)c(OC)c1. The molecule has 31 heavy (non-hydrogen) atoms. The lowest BCUT2D eigenvalue weighted by molar-refractivity contribution is 0.0590. The molecule has 1 saturated heterocycles. The normalized spacial score (nSPS) is 16.3. The minimum Gasteiger partial charge on any atom is -0.497 e. The highest BCUT2D eigenvalue weighted by molar-refractivity contribution is 5.97. The average Bonchev–Trinajstić information content (AvgIpc) is 3.26. The van der Waals surface area contributed by atoms with E-state index in [1.807, 2.05) is 18.7 Å². The van der Waals surface area contributed by atoms with Crippen LogP contribution < -0.4 is 14.8 Å². The molecule has 1 N–H and O–H groups in total. The highest BCUT2D eigenvalue weighted by atomic mass is 16.5. The highest BCUT2D eigenvalue weighted by Crippen LogP contribution is 2.29. The van der Waals surface area contributed by atoms with Crippen molar-refractivity contribution in [2.45, 2.75) is 58.2 Å². The molecule has 1 atom stereocenters. The Kier molecular flexibility index (Phi) is 7.49. The first-order valence-corrected chi connectivity index (χ1v) is 10.7. The van der Waals surface area contributed by atoms with Gasteiger partial charge in [-0.2, -0.15) is 0 Å². The number of hydrogen-bond acceptors (Lipinski definition) is 6. The predicted octanol–water partition coefficient (Wildman–Crippen LogP) is 2.52. The zero-order valence-corrected chi connectivity index (χ0v) is 18.6. The number of piperidine rings is 1. The van der Waals surface area contributed by atoms with Crippen LogP contribution in [0.1, 0.15) is 60.4 Å². The van der Waals surface area contributed by atoms with E-state index in [0.717, 1.165) is 25.7 Å². The Morgan fingerprint density at radius 2 is 2.03 bits per heavy atom. The van der Waals surface area contributed by atoms with Gasteiger partial charge in [0.05, 0.1) is 26.0 Å². The predicted molar refractivity (Wildman–Crippen MR) is 115 cm³/mol. The summed E-state index contributed by atoms with van der Waals surface area (Å²) in [6.07, 6.45) is 5.37. The van der Waals surface area contributed by atoms with Crippen molar-refractivity contribution < 1.29 is 19.1 Å². The molecule has 0 saturated carbocycles. The maximum absolute atomic E-state index is 13.3. The van der Waals surface area contributed by atoms with Crippen LogP contribution >= 0.6 is 0 Å². The molecule has 1 aliphatic rings. The molecule has 1 fully saturated rings. The third-order valence-electron chi connectivity index (χ3n) is 5.41. The molecular formula is C22H31N5O4. The summed E-state index contributed by atoms with van der Waals surface area (Å²) >= 11 is 0. The molecule has 9 nitrogen and oxygen atoms in total. The molecule has 168 valence electrons. The number of likely N-dealkylation sites (tertiary alicyclic amines) is 1. The Morgan fingerprint density at radius 1 is 1.23 bits per heavy atom. The van der Waals surface area contributed by atoms with Crippen molar-refractivity contribution in [3.05, 3.63) is 35.7 Å². The Balaban J connectivity index is 1.68. The molecule has 1 aliphatic heterocycles. The van der Waals surface area contributed by atoms with Crippen molar-refractivity contribution in [2.24, 2.45) is 0 Å². The third kappa shape index (κ3) is 5.53. The Morgan fingerprint density at radius 3 is 2.74 bits per heavy atom. The molecule has 2 aromatic rings. The van der Waals surface area contributed by atoms with Crippen molar-refractivity contribution in [1.82, 2.24) is 25.2 Å². The summed E-state index contributed by atoms with van der Waals surface area (Å²) in [5.41, 5.74) is 0.830. The van der Waals surface area contributed by atoms with Gasteiger partial charge in [-0.25, -0.2) is 0 Å². The Hall–Kier alpha value is -3.10. The smallest absolute Gasteiger partial charge is 0.273 e. The second-order valence-electron chi connectivity index (χ2n) is 8.00. The van der Waals surface area contributed by atoms with Crippen LogP contribution in [-0.2, 0) is 6.54 Å². The zero-order valence-electron chi connectivity index (χ0n) is 18.6. The van der Waals surface area contributed by atoms with Gasteiger partial charge in [-0.1, -0.05) is 5.21 Å². The summed E-state index contributed by atoms with van der Waals surface area (Å²) in [5.74, 6) is 0.875. The summed E-state index contributed by atoms with van der Waals surface area (Å²) in [7, 11) is 3.13. The van der Waals surface area contributed by atoms with Crippen molar-refractivity contribution in [1.29, 1.82) is 0 Å². The average molecular weight is 430 g/mol. The van der Waals surface area contributed by atoms with E-state index in [0.29, 0.717) is 35.8 Å². The fraction of sp³-hybridized carbons (Fsp3) is 0.545. The molecule has 9 heteroatoms. The van der Waals surface area contributed by atoms with E-state index in [1.54, 1.807) is 43.3 Å². The number of carbonyl (C=O) groups is 2. The van der Waals surface area contributed by atoms with E-state index in [-0.39, 0.29) is 23.9 Å². The van der Waals surface area contributed by atoms with E-state index >= 15 is 0 Å². The summed E-state index contributed by atoms with van der Waals surface area (Å²) in [6, 6.07) is 5.38. The van der Waals surface area contributed by atoms with Gasteiger partial charge in [0, 0.05) is 31.2 Å². The van der Waals surface area contributed by atoms with Gasteiger partial charge in [-0.05, 0) is 51.7 Å². The van der Waals surface area contributed by atoms with E-state index in [1.165, 1.54) is 0 Å². The number of methoxy groups -OCH3 is 2. The Labute approximate surface area is 182 Å². The summed E-state index contributed by atoms with van der Waals surface area (Å²) in [6.45, 7) is 5.08. The van der Waals surface area contributed by atoms with Gasteiger partial charge in [0.15, 0.2) is 5.69 Å². The van der Waals surface area contributed by atoms with E-state index in [9.17, 15) is 9.59 Å². The van der Waals surface area contributed by atoms with Gasteiger partial charge >= 0.3 is 0 Å². The molecule has 1 aromatic carbocycles. The first-order chi connectivity index (χ1) is 14.9. The summed E-state index contributed by atoms with van der Waals surface area (Å²) in [5, 5.41) is 10.8. The van der Waals surface area contributed by atoms with E-state index < -0.39 is 0 Å². The monoisotopic (exact) mass is 429 g/mol. The molecule has 2 amide bonds. The van der Waals surface area contributed by atoms with Gasteiger partial charge < -0.3 is 19.7 Å².